The van der Waals surface area contributed by atoms with Crippen LogP contribution in [0.1, 0.15) is 17.4 Å². The smallest absolute Gasteiger partial charge is 0.274 e. The molecule has 7 heteroatoms. The van der Waals surface area contributed by atoms with Crippen LogP contribution in [0.15, 0.2) is 36.5 Å². The number of carbonyl (C=O) groups excluding carboxylic acids is 2. The van der Waals surface area contributed by atoms with Gasteiger partial charge in [0.05, 0.1) is 0 Å². The van der Waals surface area contributed by atoms with Crippen LogP contribution < -0.4 is 5.32 Å². The molecule has 0 aliphatic carbocycles. The van der Waals surface area contributed by atoms with Crippen LogP contribution in [-0.2, 0) is 4.79 Å². The van der Waals surface area contributed by atoms with E-state index >= 15 is 0 Å². The highest BCUT2D eigenvalue weighted by atomic mass is 19.1. The lowest BCUT2D eigenvalue weighted by atomic mass is 10.1. The number of aromatic hydroxyl groups is 1. The first-order valence-electron chi connectivity index (χ1n) is 7.26. The molecule has 24 heavy (non-hydrogen) atoms. The minimum absolute atomic E-state index is 0.181. The molecule has 1 unspecified atom stereocenters. The number of nitrogens with zero attached hydrogens (tertiary/aromatic N) is 2. The normalized spacial score (nSPS) is 11.7. The predicted octanol–water partition coefficient (Wildman–Crippen LogP) is 1.80. The highest BCUT2D eigenvalue weighted by molar-refractivity contribution is 5.98. The van der Waals surface area contributed by atoms with E-state index in [0.717, 1.165) is 0 Å². The second-order valence-electron chi connectivity index (χ2n) is 5.53. The van der Waals surface area contributed by atoms with Crippen LogP contribution in [0.4, 0.5) is 4.39 Å². The van der Waals surface area contributed by atoms with Crippen LogP contribution in [0.3, 0.4) is 0 Å². The Morgan fingerprint density at radius 2 is 1.83 bits per heavy atom. The number of rotatable bonds is 4. The van der Waals surface area contributed by atoms with Gasteiger partial charge in [-0.2, -0.15) is 0 Å². The van der Waals surface area contributed by atoms with Crippen LogP contribution >= 0.6 is 0 Å². The third-order valence-electron chi connectivity index (χ3n) is 3.42. The van der Waals surface area contributed by atoms with Crippen molar-refractivity contribution in [3.63, 3.8) is 0 Å². The standard InChI is InChI=1S/C17H18FN3O3/c1-10(17(24)21(2)3)20-16(23)15-14(22)8-12(9-19-15)11-4-6-13(18)7-5-11/h4-10,22H,1-3H3,(H,20,23). The summed E-state index contributed by atoms with van der Waals surface area (Å²) in [6.07, 6.45) is 1.40. The van der Waals surface area contributed by atoms with E-state index in [1.165, 1.54) is 29.3 Å². The Kier molecular flexibility index (Phi) is 5.13. The Bertz CT molecular complexity index is 760. The molecule has 0 spiro atoms. The lowest BCUT2D eigenvalue weighted by Gasteiger charge is -2.18. The van der Waals surface area contributed by atoms with Gasteiger partial charge < -0.3 is 15.3 Å². The van der Waals surface area contributed by atoms with Crippen LogP contribution in [-0.4, -0.2) is 46.9 Å². The maximum atomic E-state index is 12.9. The summed E-state index contributed by atoms with van der Waals surface area (Å²) in [6, 6.07) is 6.30. The monoisotopic (exact) mass is 331 g/mol. The first-order chi connectivity index (χ1) is 11.3. The van der Waals surface area contributed by atoms with Crippen LogP contribution in [0.5, 0.6) is 5.75 Å². The van der Waals surface area contributed by atoms with Crippen molar-refractivity contribution in [2.45, 2.75) is 13.0 Å². The number of pyridine rings is 1. The highest BCUT2D eigenvalue weighted by Gasteiger charge is 2.21. The van der Waals surface area contributed by atoms with Gasteiger partial charge in [-0.05, 0) is 30.7 Å². The maximum Gasteiger partial charge on any atom is 0.274 e. The second kappa shape index (κ2) is 7.08. The van der Waals surface area contributed by atoms with Crippen molar-refractivity contribution in [1.82, 2.24) is 15.2 Å². The van der Waals surface area contributed by atoms with Gasteiger partial charge in [0.15, 0.2) is 5.69 Å². The molecule has 2 N–H and O–H groups in total. The molecule has 2 rings (SSSR count). The summed E-state index contributed by atoms with van der Waals surface area (Å²) in [5.74, 6) is -1.61. The first-order valence-corrected chi connectivity index (χ1v) is 7.26. The molecule has 1 aromatic heterocycles. The van der Waals surface area contributed by atoms with E-state index in [4.69, 9.17) is 0 Å². The van der Waals surface area contributed by atoms with Gasteiger partial charge in [-0.25, -0.2) is 9.37 Å². The second-order valence-corrected chi connectivity index (χ2v) is 5.53. The van der Waals surface area contributed by atoms with E-state index in [1.807, 2.05) is 0 Å². The van der Waals surface area contributed by atoms with E-state index in [2.05, 4.69) is 10.3 Å². The lowest BCUT2D eigenvalue weighted by molar-refractivity contribution is -0.130. The molecular weight excluding hydrogens is 313 g/mol. The number of hydrogen-bond donors (Lipinski definition) is 2. The van der Waals surface area contributed by atoms with Crippen molar-refractivity contribution in [2.75, 3.05) is 14.1 Å². The van der Waals surface area contributed by atoms with E-state index < -0.39 is 11.9 Å². The van der Waals surface area contributed by atoms with E-state index in [0.29, 0.717) is 11.1 Å². The zero-order valence-electron chi connectivity index (χ0n) is 13.6. The summed E-state index contributed by atoms with van der Waals surface area (Å²) in [4.78, 5) is 29.2. The Hall–Kier alpha value is -2.96. The molecule has 0 aliphatic rings. The molecule has 0 saturated heterocycles. The summed E-state index contributed by atoms with van der Waals surface area (Å²) >= 11 is 0. The van der Waals surface area contributed by atoms with Crippen molar-refractivity contribution < 1.29 is 19.1 Å². The summed E-state index contributed by atoms with van der Waals surface area (Å²) in [6.45, 7) is 1.55. The molecule has 0 aliphatic heterocycles. The van der Waals surface area contributed by atoms with Crippen molar-refractivity contribution >= 4 is 11.8 Å². The van der Waals surface area contributed by atoms with E-state index in [9.17, 15) is 19.1 Å². The molecule has 1 heterocycles. The number of hydrogen-bond acceptors (Lipinski definition) is 4. The fraction of sp³-hybridized carbons (Fsp3) is 0.235. The van der Waals surface area contributed by atoms with Crippen molar-refractivity contribution in [1.29, 1.82) is 0 Å². The van der Waals surface area contributed by atoms with Crippen molar-refractivity contribution in [2.24, 2.45) is 0 Å². The predicted molar refractivity (Wildman–Crippen MR) is 86.9 cm³/mol. The molecule has 0 fully saturated rings. The lowest BCUT2D eigenvalue weighted by Crippen LogP contribution is -2.44. The largest absolute Gasteiger partial charge is 0.505 e. The van der Waals surface area contributed by atoms with Crippen LogP contribution in [0, 0.1) is 5.82 Å². The molecule has 0 radical (unpaired) electrons. The molecule has 2 aromatic rings. The van der Waals surface area contributed by atoms with Crippen molar-refractivity contribution in [3.05, 3.63) is 48.0 Å². The first kappa shape index (κ1) is 17.4. The number of carbonyl (C=O) groups is 2. The molecule has 0 saturated carbocycles. The molecule has 6 nitrogen and oxygen atoms in total. The van der Waals surface area contributed by atoms with Crippen molar-refractivity contribution in [3.8, 4) is 16.9 Å². The topological polar surface area (TPSA) is 82.5 Å². The summed E-state index contributed by atoms with van der Waals surface area (Å²) < 4.78 is 12.9. The van der Waals surface area contributed by atoms with Gasteiger partial charge >= 0.3 is 0 Å². The minimum atomic E-state index is -0.745. The third kappa shape index (κ3) is 3.87. The van der Waals surface area contributed by atoms with E-state index in [-0.39, 0.29) is 23.2 Å². The number of aromatic nitrogens is 1. The van der Waals surface area contributed by atoms with Gasteiger partial charge in [0.2, 0.25) is 5.91 Å². The number of likely N-dealkylation sites (N-methyl/N-ethyl adjacent to an activating group) is 1. The Morgan fingerprint density at radius 1 is 1.21 bits per heavy atom. The maximum absolute atomic E-state index is 12.9. The number of benzene rings is 1. The minimum Gasteiger partial charge on any atom is -0.505 e. The SMILES string of the molecule is CC(NC(=O)c1ncc(-c2ccc(F)cc2)cc1O)C(=O)N(C)C. The fourth-order valence-corrected chi connectivity index (χ4v) is 2.14. The molecule has 1 aromatic carbocycles. The van der Waals surface area contributed by atoms with Gasteiger partial charge in [-0.1, -0.05) is 12.1 Å². The summed E-state index contributed by atoms with van der Waals surface area (Å²) in [5, 5.41) is 12.5. The molecular formula is C17H18FN3O3. The summed E-state index contributed by atoms with van der Waals surface area (Å²) in [5.41, 5.74) is 1.02. The van der Waals surface area contributed by atoms with Crippen LogP contribution in [0.2, 0.25) is 0 Å². The number of halogens is 1. The fourth-order valence-electron chi connectivity index (χ4n) is 2.14. The molecule has 1 atom stereocenters. The van der Waals surface area contributed by atoms with E-state index in [1.54, 1.807) is 33.2 Å². The van der Waals surface area contributed by atoms with Gasteiger partial charge in [-0.15, -0.1) is 0 Å². The quantitative estimate of drug-likeness (QED) is 0.895. The molecule has 126 valence electrons. The molecule has 0 bridgehead atoms. The molecule has 2 amide bonds. The highest BCUT2D eigenvalue weighted by Crippen LogP contribution is 2.24. The Balaban J connectivity index is 2.19. The number of amides is 2. The average Bonchev–Trinajstić information content (AvgIpc) is 2.54. The third-order valence-corrected chi connectivity index (χ3v) is 3.42. The van der Waals surface area contributed by atoms with Crippen LogP contribution in [0.25, 0.3) is 11.1 Å². The zero-order chi connectivity index (χ0) is 17.9. The average molecular weight is 331 g/mol. The van der Waals surface area contributed by atoms with Gasteiger partial charge in [0.25, 0.3) is 5.91 Å². The van der Waals surface area contributed by atoms with Gasteiger partial charge in [0, 0.05) is 25.9 Å². The zero-order valence-corrected chi connectivity index (χ0v) is 13.6. The summed E-state index contributed by atoms with van der Waals surface area (Å²) in [7, 11) is 3.16. The van der Waals surface area contributed by atoms with Gasteiger partial charge in [-0.3, -0.25) is 9.59 Å². The Morgan fingerprint density at radius 3 is 2.38 bits per heavy atom. The number of nitrogens with one attached hydrogen (secondary N) is 1. The Labute approximate surface area is 138 Å². The van der Waals surface area contributed by atoms with Gasteiger partial charge in [0.1, 0.15) is 17.6 Å².